The van der Waals surface area contributed by atoms with Gasteiger partial charge in [-0.25, -0.2) is 9.37 Å². The van der Waals surface area contributed by atoms with Crippen molar-refractivity contribution in [1.29, 1.82) is 0 Å². The monoisotopic (exact) mass is 248 g/mol. The summed E-state index contributed by atoms with van der Waals surface area (Å²) in [5.41, 5.74) is 2.27. The number of imidazole rings is 1. The Kier molecular flexibility index (Phi) is 2.70. The largest absolute Gasteiger partial charge is 0.367 e. The molecule has 0 amide bonds. The van der Waals surface area contributed by atoms with Crippen molar-refractivity contribution in [3.63, 3.8) is 0 Å². The smallest absolute Gasteiger partial charge is 0.148 e. The van der Waals surface area contributed by atoms with Gasteiger partial charge in [-0.3, -0.25) is 0 Å². The fourth-order valence-electron chi connectivity index (χ4n) is 2.44. The summed E-state index contributed by atoms with van der Waals surface area (Å²) < 4.78 is 14.1. The first kappa shape index (κ1) is 11.5. The Morgan fingerprint density at radius 3 is 2.67 bits per heavy atom. The van der Waals surface area contributed by atoms with Crippen molar-refractivity contribution in [3.8, 4) is 0 Å². The van der Waals surface area contributed by atoms with E-state index in [4.69, 9.17) is 0 Å². The molecule has 1 aromatic heterocycles. The number of benzene rings is 1. The summed E-state index contributed by atoms with van der Waals surface area (Å²) in [5.74, 6) is 0.649. The molecule has 1 aliphatic heterocycles. The number of nitrogens with one attached hydrogen (secondary N) is 1. The lowest BCUT2D eigenvalue weighted by molar-refractivity contribution is 0.312. The summed E-state index contributed by atoms with van der Waals surface area (Å²) in [6.07, 6.45) is 0. The minimum Gasteiger partial charge on any atom is -0.367 e. The summed E-state index contributed by atoms with van der Waals surface area (Å²) in [7, 11) is 2.09. The first-order valence-corrected chi connectivity index (χ1v) is 6.23. The quantitative estimate of drug-likeness (QED) is 0.835. The van der Waals surface area contributed by atoms with E-state index in [1.54, 1.807) is 6.07 Å². The molecular weight excluding hydrogens is 231 g/mol. The molecule has 96 valence electrons. The molecule has 18 heavy (non-hydrogen) atoms. The first-order chi connectivity index (χ1) is 8.63. The molecule has 1 aromatic carbocycles. The molecule has 1 aliphatic rings. The second kappa shape index (κ2) is 4.24. The van der Waals surface area contributed by atoms with Crippen LogP contribution in [0.4, 0.5) is 10.1 Å². The number of aryl methyl sites for hydroxylation is 1. The van der Waals surface area contributed by atoms with Crippen LogP contribution in [-0.4, -0.2) is 48.1 Å². The van der Waals surface area contributed by atoms with E-state index >= 15 is 0 Å². The van der Waals surface area contributed by atoms with Gasteiger partial charge in [0.15, 0.2) is 0 Å². The van der Waals surface area contributed by atoms with Crippen molar-refractivity contribution in [1.82, 2.24) is 14.9 Å². The molecule has 3 rings (SSSR count). The number of fused-ring (bicyclic) bond motifs is 1. The molecule has 2 heterocycles. The third-order valence-electron chi connectivity index (χ3n) is 3.51. The number of halogens is 1. The van der Waals surface area contributed by atoms with Crippen LogP contribution in [-0.2, 0) is 0 Å². The average molecular weight is 248 g/mol. The van der Waals surface area contributed by atoms with E-state index in [1.807, 2.05) is 13.0 Å². The minimum atomic E-state index is -0.171. The lowest BCUT2D eigenvalue weighted by Crippen LogP contribution is -2.44. The molecule has 1 saturated heterocycles. The molecule has 0 radical (unpaired) electrons. The lowest BCUT2D eigenvalue weighted by atomic mass is 10.2. The first-order valence-electron chi connectivity index (χ1n) is 6.23. The second-order valence-electron chi connectivity index (χ2n) is 4.93. The van der Waals surface area contributed by atoms with Gasteiger partial charge in [0.1, 0.15) is 11.6 Å². The zero-order valence-corrected chi connectivity index (χ0v) is 10.7. The number of aromatic amines is 1. The molecule has 0 bridgehead atoms. The number of anilines is 1. The van der Waals surface area contributed by atoms with Crippen LogP contribution in [0, 0.1) is 12.7 Å². The van der Waals surface area contributed by atoms with E-state index in [2.05, 4.69) is 26.8 Å². The molecule has 4 nitrogen and oxygen atoms in total. The van der Waals surface area contributed by atoms with Crippen LogP contribution in [0.25, 0.3) is 11.0 Å². The topological polar surface area (TPSA) is 35.2 Å². The number of aromatic nitrogens is 2. The molecule has 0 atom stereocenters. The Labute approximate surface area is 105 Å². The summed E-state index contributed by atoms with van der Waals surface area (Å²) in [6.45, 7) is 5.55. The van der Waals surface area contributed by atoms with Crippen LogP contribution in [0.5, 0.6) is 0 Å². The lowest BCUT2D eigenvalue weighted by Gasteiger charge is -2.34. The average Bonchev–Trinajstić information content (AvgIpc) is 2.68. The molecule has 0 saturated carbocycles. The number of likely N-dealkylation sites (N-methyl/N-ethyl adjacent to an activating group) is 1. The normalized spacial score (nSPS) is 17.6. The van der Waals surface area contributed by atoms with Gasteiger partial charge in [-0.2, -0.15) is 0 Å². The third-order valence-corrected chi connectivity index (χ3v) is 3.51. The van der Waals surface area contributed by atoms with Crippen molar-refractivity contribution in [2.75, 3.05) is 38.1 Å². The molecule has 2 aromatic rings. The van der Waals surface area contributed by atoms with Gasteiger partial charge in [0.2, 0.25) is 0 Å². The van der Waals surface area contributed by atoms with Crippen molar-refractivity contribution in [3.05, 3.63) is 23.8 Å². The van der Waals surface area contributed by atoms with Crippen molar-refractivity contribution in [2.24, 2.45) is 0 Å². The fourth-order valence-corrected chi connectivity index (χ4v) is 2.44. The van der Waals surface area contributed by atoms with E-state index < -0.39 is 0 Å². The van der Waals surface area contributed by atoms with Gasteiger partial charge >= 0.3 is 0 Å². The highest BCUT2D eigenvalue weighted by atomic mass is 19.1. The maximum Gasteiger partial charge on any atom is 0.148 e. The fraction of sp³-hybridized carbons (Fsp3) is 0.462. The predicted molar refractivity (Wildman–Crippen MR) is 70.5 cm³/mol. The van der Waals surface area contributed by atoms with Gasteiger partial charge < -0.3 is 14.8 Å². The Balaban J connectivity index is 1.98. The molecule has 0 aliphatic carbocycles. The zero-order valence-electron chi connectivity index (χ0n) is 10.7. The summed E-state index contributed by atoms with van der Waals surface area (Å²) in [5, 5.41) is 0. The molecule has 5 heteroatoms. The maximum atomic E-state index is 14.1. The third kappa shape index (κ3) is 1.95. The number of nitrogens with zero attached hydrogens (tertiary/aromatic N) is 3. The summed E-state index contributed by atoms with van der Waals surface area (Å²) in [4.78, 5) is 11.8. The second-order valence-corrected chi connectivity index (χ2v) is 4.93. The van der Waals surface area contributed by atoms with Gasteiger partial charge in [0.25, 0.3) is 0 Å². The molecule has 0 unspecified atom stereocenters. The van der Waals surface area contributed by atoms with Crippen LogP contribution in [0.2, 0.25) is 0 Å². The number of hydrogen-bond acceptors (Lipinski definition) is 3. The van der Waals surface area contributed by atoms with Crippen LogP contribution in [0.3, 0.4) is 0 Å². The molecule has 1 fully saturated rings. The highest BCUT2D eigenvalue weighted by Gasteiger charge is 2.18. The molecule has 0 spiro atoms. The Morgan fingerprint density at radius 2 is 1.94 bits per heavy atom. The van der Waals surface area contributed by atoms with Crippen LogP contribution >= 0.6 is 0 Å². The van der Waals surface area contributed by atoms with E-state index in [-0.39, 0.29) is 5.82 Å². The standard InChI is InChI=1S/C13H17FN4/c1-9-15-11-7-10(14)13(8-12(11)16-9)18-5-3-17(2)4-6-18/h7-8H,3-6H2,1-2H3,(H,15,16). The zero-order chi connectivity index (χ0) is 12.7. The number of rotatable bonds is 1. The van der Waals surface area contributed by atoms with Gasteiger partial charge in [-0.15, -0.1) is 0 Å². The predicted octanol–water partition coefficient (Wildman–Crippen LogP) is 1.76. The van der Waals surface area contributed by atoms with Crippen molar-refractivity contribution < 1.29 is 4.39 Å². The van der Waals surface area contributed by atoms with Gasteiger partial charge in [0.05, 0.1) is 16.7 Å². The number of piperazine rings is 1. The SMILES string of the molecule is Cc1nc2cc(N3CCN(C)CC3)c(F)cc2[nH]1. The summed E-state index contributed by atoms with van der Waals surface area (Å²) >= 11 is 0. The maximum absolute atomic E-state index is 14.1. The van der Waals surface area contributed by atoms with E-state index in [0.29, 0.717) is 5.69 Å². The highest BCUT2D eigenvalue weighted by molar-refractivity contribution is 5.80. The Morgan fingerprint density at radius 1 is 1.22 bits per heavy atom. The summed E-state index contributed by atoms with van der Waals surface area (Å²) in [6, 6.07) is 3.39. The van der Waals surface area contributed by atoms with Crippen LogP contribution in [0.1, 0.15) is 5.82 Å². The molecular formula is C13H17FN4. The van der Waals surface area contributed by atoms with Crippen molar-refractivity contribution in [2.45, 2.75) is 6.92 Å². The number of H-pyrrole nitrogens is 1. The van der Waals surface area contributed by atoms with Crippen LogP contribution in [0.15, 0.2) is 12.1 Å². The van der Waals surface area contributed by atoms with E-state index in [1.165, 1.54) is 0 Å². The van der Waals surface area contributed by atoms with Gasteiger partial charge in [-0.1, -0.05) is 0 Å². The number of hydrogen-bond donors (Lipinski definition) is 1. The van der Waals surface area contributed by atoms with Gasteiger partial charge in [-0.05, 0) is 20.0 Å². The van der Waals surface area contributed by atoms with Crippen LogP contribution < -0.4 is 4.90 Å². The Bertz CT molecular complexity index is 570. The highest BCUT2D eigenvalue weighted by Crippen LogP contribution is 2.25. The van der Waals surface area contributed by atoms with Gasteiger partial charge in [0, 0.05) is 32.2 Å². The van der Waals surface area contributed by atoms with E-state index in [0.717, 1.165) is 43.0 Å². The minimum absolute atomic E-state index is 0.171. The van der Waals surface area contributed by atoms with Crippen molar-refractivity contribution >= 4 is 16.7 Å². The Hall–Kier alpha value is -1.62. The van der Waals surface area contributed by atoms with E-state index in [9.17, 15) is 4.39 Å². The molecule has 1 N–H and O–H groups in total.